The van der Waals surface area contributed by atoms with Gasteiger partial charge in [-0.1, -0.05) is 48.0 Å². The highest BCUT2D eigenvalue weighted by molar-refractivity contribution is 7.12. The lowest BCUT2D eigenvalue weighted by molar-refractivity contribution is -0.121. The van der Waals surface area contributed by atoms with Crippen LogP contribution >= 0.6 is 22.9 Å². The number of pyridine rings is 1. The number of Topliss-reactive ketones (excluding diaryl/α,β-unsaturated/α-hetero) is 2. The normalized spacial score (nSPS) is 24.6. The van der Waals surface area contributed by atoms with Crippen molar-refractivity contribution in [3.63, 3.8) is 0 Å². The number of hydrogen-bond donors (Lipinski definition) is 1. The summed E-state index contributed by atoms with van der Waals surface area (Å²) in [6.07, 6.45) is 6.98. The van der Waals surface area contributed by atoms with Crippen molar-refractivity contribution in [2.45, 2.75) is 17.5 Å². The van der Waals surface area contributed by atoms with Gasteiger partial charge in [-0.15, -0.1) is 11.3 Å². The van der Waals surface area contributed by atoms with Gasteiger partial charge in [0, 0.05) is 34.4 Å². The van der Waals surface area contributed by atoms with Crippen LogP contribution in [0.25, 0.3) is 6.08 Å². The van der Waals surface area contributed by atoms with Crippen molar-refractivity contribution in [3.8, 4) is 0 Å². The summed E-state index contributed by atoms with van der Waals surface area (Å²) < 4.78 is 0. The van der Waals surface area contributed by atoms with Crippen molar-refractivity contribution in [2.75, 3.05) is 10.2 Å². The molecule has 8 heteroatoms. The molecule has 3 aliphatic heterocycles. The molecule has 1 saturated heterocycles. The Hall–Kier alpha value is -4.07. The van der Waals surface area contributed by atoms with Crippen molar-refractivity contribution >= 4 is 57.9 Å². The number of nitrogens with one attached hydrogen (secondary N) is 1. The van der Waals surface area contributed by atoms with Gasteiger partial charge < -0.3 is 10.2 Å². The molecule has 38 heavy (non-hydrogen) atoms. The summed E-state index contributed by atoms with van der Waals surface area (Å²) in [7, 11) is 0. The lowest BCUT2D eigenvalue weighted by Gasteiger charge is -2.37. The first-order chi connectivity index (χ1) is 18.5. The largest absolute Gasteiger partial charge is 0.352 e. The Balaban J connectivity index is 1.55. The Morgan fingerprint density at radius 3 is 2.61 bits per heavy atom. The van der Waals surface area contributed by atoms with Gasteiger partial charge in [-0.2, -0.15) is 0 Å². The number of hydrogen-bond acceptors (Lipinski definition) is 6. The number of aromatic nitrogens is 1. The van der Waals surface area contributed by atoms with Gasteiger partial charge in [-0.05, 0) is 59.0 Å². The van der Waals surface area contributed by atoms with Gasteiger partial charge in [-0.3, -0.25) is 19.4 Å². The van der Waals surface area contributed by atoms with Crippen LogP contribution in [0.5, 0.6) is 0 Å². The summed E-state index contributed by atoms with van der Waals surface area (Å²) in [6, 6.07) is 18.3. The second kappa shape index (κ2) is 8.48. The molecule has 2 aromatic heterocycles. The molecule has 1 spiro atoms. The first-order valence-corrected chi connectivity index (χ1v) is 13.5. The number of carbonyl (C=O) groups is 3. The fraction of sp³-hybridized carbons (Fsp3) is 0.133. The van der Waals surface area contributed by atoms with Crippen LogP contribution in [0.4, 0.5) is 11.4 Å². The van der Waals surface area contributed by atoms with E-state index in [4.69, 9.17) is 11.6 Å². The lowest BCUT2D eigenvalue weighted by atomic mass is 9.64. The number of carbonyl (C=O) groups excluding carboxylic acids is 3. The Labute approximate surface area is 227 Å². The SMILES string of the molecule is O=C(c1cccs1)[C@@H]1[C@H](C(=O)c2ccncc2)[C@]2(C(=O)Nc3ccccc32)[C@@H]2C=Cc3cc(Cl)ccc3N12. The first-order valence-electron chi connectivity index (χ1n) is 12.2. The van der Waals surface area contributed by atoms with Crippen LogP contribution in [-0.4, -0.2) is 34.5 Å². The number of anilines is 2. The average Bonchev–Trinajstić information content (AvgIpc) is 3.65. The molecule has 6 nitrogen and oxygen atoms in total. The van der Waals surface area contributed by atoms with Crippen LogP contribution in [0.2, 0.25) is 5.02 Å². The zero-order valence-corrected chi connectivity index (χ0v) is 21.4. The van der Waals surface area contributed by atoms with Gasteiger partial charge in [0.05, 0.1) is 16.8 Å². The third kappa shape index (κ3) is 3.06. The molecule has 0 bridgehead atoms. The van der Waals surface area contributed by atoms with Crippen molar-refractivity contribution in [3.05, 3.63) is 117 Å². The van der Waals surface area contributed by atoms with Gasteiger partial charge in [0.15, 0.2) is 11.6 Å². The standard InChI is InChI=1S/C30H20ClN3O3S/c31-19-8-9-22-18(16-19)7-10-24-30(20-4-1-2-5-21(20)33-29(30)37)25(27(35)17-11-13-32-14-12-17)26(34(22)24)28(36)23-6-3-15-38-23/h1-16,24-26H,(H,33,37)/t24-,25+,26-,30+/m0/s1. The molecule has 0 unspecified atom stereocenters. The maximum Gasteiger partial charge on any atom is 0.238 e. The fourth-order valence-electron chi connectivity index (χ4n) is 6.41. The smallest absolute Gasteiger partial charge is 0.238 e. The highest BCUT2D eigenvalue weighted by Gasteiger charge is 2.70. The molecule has 186 valence electrons. The predicted molar refractivity (Wildman–Crippen MR) is 148 cm³/mol. The zero-order chi connectivity index (χ0) is 26.0. The van der Waals surface area contributed by atoms with Gasteiger partial charge in [0.2, 0.25) is 5.91 Å². The van der Waals surface area contributed by atoms with Gasteiger partial charge in [-0.25, -0.2) is 0 Å². The van der Waals surface area contributed by atoms with Crippen molar-refractivity contribution < 1.29 is 14.4 Å². The van der Waals surface area contributed by atoms with Crippen LogP contribution in [-0.2, 0) is 10.2 Å². The summed E-state index contributed by atoms with van der Waals surface area (Å²) in [5.74, 6) is -1.75. The van der Waals surface area contributed by atoms with E-state index in [1.54, 1.807) is 36.7 Å². The lowest BCUT2D eigenvalue weighted by Crippen LogP contribution is -2.51. The third-order valence-electron chi connectivity index (χ3n) is 7.87. The number of halogens is 1. The van der Waals surface area contributed by atoms with E-state index in [0.29, 0.717) is 21.2 Å². The Morgan fingerprint density at radius 1 is 1.00 bits per heavy atom. The van der Waals surface area contributed by atoms with Gasteiger partial charge in [0.1, 0.15) is 11.5 Å². The van der Waals surface area contributed by atoms with Gasteiger partial charge >= 0.3 is 0 Å². The topological polar surface area (TPSA) is 79.4 Å². The molecule has 4 aromatic rings. The summed E-state index contributed by atoms with van der Waals surface area (Å²) in [4.78, 5) is 49.7. The van der Waals surface area contributed by atoms with Crippen LogP contribution < -0.4 is 10.2 Å². The number of thiophene rings is 1. The number of nitrogens with zero attached hydrogens (tertiary/aromatic N) is 2. The minimum atomic E-state index is -1.33. The van der Waals surface area contributed by atoms with Crippen molar-refractivity contribution in [1.82, 2.24) is 4.98 Å². The Morgan fingerprint density at radius 2 is 1.82 bits per heavy atom. The minimum absolute atomic E-state index is 0.192. The molecule has 3 aliphatic rings. The van der Waals surface area contributed by atoms with E-state index in [9.17, 15) is 14.4 Å². The van der Waals surface area contributed by atoms with Crippen LogP contribution in [0.1, 0.15) is 31.2 Å². The number of amides is 1. The van der Waals surface area contributed by atoms with E-state index >= 15 is 0 Å². The molecule has 5 heterocycles. The maximum atomic E-state index is 14.5. The van der Waals surface area contributed by atoms with E-state index in [1.807, 2.05) is 64.9 Å². The highest BCUT2D eigenvalue weighted by atomic mass is 35.5. The third-order valence-corrected chi connectivity index (χ3v) is 8.99. The fourth-order valence-corrected chi connectivity index (χ4v) is 7.29. The number of ketones is 2. The predicted octanol–water partition coefficient (Wildman–Crippen LogP) is 5.65. The summed E-state index contributed by atoms with van der Waals surface area (Å²) >= 11 is 7.66. The first kappa shape index (κ1) is 23.1. The van der Waals surface area contributed by atoms with Crippen molar-refractivity contribution in [1.29, 1.82) is 0 Å². The van der Waals surface area contributed by atoms with E-state index in [2.05, 4.69) is 10.3 Å². The molecule has 1 N–H and O–H groups in total. The maximum absolute atomic E-state index is 14.5. The molecular weight excluding hydrogens is 518 g/mol. The van der Waals surface area contributed by atoms with Gasteiger partial charge in [0.25, 0.3) is 0 Å². The Kier molecular flexibility index (Phi) is 5.15. The van der Waals surface area contributed by atoms with Crippen molar-refractivity contribution in [2.24, 2.45) is 5.92 Å². The van der Waals surface area contributed by atoms with Crippen LogP contribution in [0.15, 0.2) is 90.6 Å². The molecule has 0 saturated carbocycles. The summed E-state index contributed by atoms with van der Waals surface area (Å²) in [5, 5.41) is 5.44. The molecular formula is C30H20ClN3O3S. The van der Waals surface area contributed by atoms with E-state index in [0.717, 1.165) is 16.8 Å². The Bertz CT molecular complexity index is 1650. The zero-order valence-electron chi connectivity index (χ0n) is 19.9. The quantitative estimate of drug-likeness (QED) is 0.340. The van der Waals surface area contributed by atoms with Crippen LogP contribution in [0.3, 0.4) is 0 Å². The summed E-state index contributed by atoms with van der Waals surface area (Å²) in [5.41, 5.74) is 2.05. The molecule has 2 aromatic carbocycles. The number of fused-ring (bicyclic) bond motifs is 6. The molecule has 1 fully saturated rings. The number of benzene rings is 2. The van der Waals surface area contributed by atoms with E-state index in [-0.39, 0.29) is 17.5 Å². The second-order valence-corrected chi connectivity index (χ2v) is 11.0. The van der Waals surface area contributed by atoms with E-state index in [1.165, 1.54) is 11.3 Å². The average molecular weight is 538 g/mol. The molecule has 0 radical (unpaired) electrons. The van der Waals surface area contributed by atoms with E-state index < -0.39 is 23.4 Å². The highest BCUT2D eigenvalue weighted by Crippen LogP contribution is 2.58. The summed E-state index contributed by atoms with van der Waals surface area (Å²) in [6.45, 7) is 0. The molecule has 7 rings (SSSR count). The number of para-hydroxylation sites is 1. The molecule has 1 amide bonds. The second-order valence-electron chi connectivity index (χ2n) is 9.65. The van der Waals surface area contributed by atoms with Crippen LogP contribution in [0, 0.1) is 5.92 Å². The minimum Gasteiger partial charge on any atom is -0.352 e. The monoisotopic (exact) mass is 537 g/mol. The molecule has 0 aliphatic carbocycles. The number of rotatable bonds is 4. The molecule has 4 atom stereocenters.